The molecule has 184 valence electrons. The van der Waals surface area contributed by atoms with E-state index in [1.165, 1.54) is 30.7 Å². The molecule has 2 aromatic carbocycles. The average Bonchev–Trinajstić information content (AvgIpc) is 3.13. The molecule has 2 N–H and O–H groups in total. The van der Waals surface area contributed by atoms with E-state index in [1.807, 2.05) is 19.1 Å². The van der Waals surface area contributed by atoms with Gasteiger partial charge in [0.2, 0.25) is 0 Å². The Bertz CT molecular complexity index is 1500. The first kappa shape index (κ1) is 24.3. The zero-order valence-electron chi connectivity index (χ0n) is 19.2. The molecule has 0 saturated heterocycles. The van der Waals surface area contributed by atoms with E-state index in [1.54, 1.807) is 12.1 Å². The maximum atomic E-state index is 13.9. The van der Waals surface area contributed by atoms with Crippen LogP contribution in [0.5, 0.6) is 5.75 Å². The number of fused-ring (bicyclic) bond motifs is 1. The Balaban J connectivity index is 1.80. The van der Waals surface area contributed by atoms with Crippen LogP contribution in [0.3, 0.4) is 0 Å². The third kappa shape index (κ3) is 4.85. The first-order valence-corrected chi connectivity index (χ1v) is 10.7. The number of aromatic nitrogens is 4. The lowest BCUT2D eigenvalue weighted by atomic mass is 10.1. The highest BCUT2D eigenvalue weighted by molar-refractivity contribution is 5.77. The van der Waals surface area contributed by atoms with Crippen LogP contribution in [0.4, 0.5) is 13.2 Å². The zero-order valence-corrected chi connectivity index (χ0v) is 19.2. The minimum atomic E-state index is -4.71. The minimum Gasteiger partial charge on any atom is -0.488 e. The van der Waals surface area contributed by atoms with Crippen LogP contribution in [-0.2, 0) is 26.4 Å². The van der Waals surface area contributed by atoms with E-state index in [-0.39, 0.29) is 41.5 Å². The largest absolute Gasteiger partial charge is 0.488 e. The smallest absolute Gasteiger partial charge is 0.419 e. The summed E-state index contributed by atoms with van der Waals surface area (Å²) in [5.74, 6) is -0.296. The van der Waals surface area contributed by atoms with E-state index in [0.717, 1.165) is 21.8 Å². The Morgan fingerprint density at radius 3 is 2.46 bits per heavy atom. The summed E-state index contributed by atoms with van der Waals surface area (Å²) in [6.07, 6.45) is -5.64. The molecule has 4 aromatic rings. The maximum Gasteiger partial charge on any atom is 0.419 e. The van der Waals surface area contributed by atoms with Crippen molar-refractivity contribution in [3.05, 3.63) is 80.0 Å². The highest BCUT2D eigenvalue weighted by atomic mass is 19.4. The van der Waals surface area contributed by atoms with Crippen LogP contribution in [0.2, 0.25) is 0 Å². The normalized spacial score (nSPS) is 12.8. The highest BCUT2D eigenvalue weighted by Crippen LogP contribution is 2.39. The summed E-state index contributed by atoms with van der Waals surface area (Å²) in [5.41, 5.74) is -0.726. The van der Waals surface area contributed by atoms with Gasteiger partial charge in [-0.2, -0.15) is 13.2 Å². The van der Waals surface area contributed by atoms with Crippen molar-refractivity contribution in [1.82, 2.24) is 19.1 Å². The van der Waals surface area contributed by atoms with Crippen molar-refractivity contribution in [3.63, 3.8) is 0 Å². The van der Waals surface area contributed by atoms with Crippen LogP contribution in [-0.4, -0.2) is 30.3 Å². The van der Waals surface area contributed by atoms with Crippen LogP contribution in [0, 0.1) is 6.92 Å². The molecule has 11 heteroatoms. The summed E-state index contributed by atoms with van der Waals surface area (Å²) >= 11 is 0. The Hall–Kier alpha value is -3.86. The molecular formula is C24H23F3N4O4. The predicted molar refractivity (Wildman–Crippen MR) is 123 cm³/mol. The molecule has 35 heavy (non-hydrogen) atoms. The van der Waals surface area contributed by atoms with Gasteiger partial charge >= 0.3 is 11.9 Å². The Labute approximate surface area is 197 Å². The number of alkyl halides is 3. The molecule has 8 nitrogen and oxygen atoms in total. The van der Waals surface area contributed by atoms with Gasteiger partial charge in [0.15, 0.2) is 11.2 Å². The van der Waals surface area contributed by atoms with E-state index in [9.17, 15) is 27.9 Å². The number of aliphatic hydroxyl groups is 1. The zero-order chi connectivity index (χ0) is 25.5. The molecule has 1 unspecified atom stereocenters. The third-order valence-corrected chi connectivity index (χ3v) is 5.52. The number of hydrogen-bond donors (Lipinski definition) is 2. The van der Waals surface area contributed by atoms with Gasteiger partial charge in [-0.25, -0.2) is 9.78 Å². The van der Waals surface area contributed by atoms with E-state index in [2.05, 4.69) is 9.97 Å². The number of nitrogens with one attached hydrogen (secondary N) is 1. The highest BCUT2D eigenvalue weighted by Gasteiger charge is 2.35. The molecule has 0 amide bonds. The molecule has 0 aliphatic carbocycles. The van der Waals surface area contributed by atoms with Gasteiger partial charge in [0.25, 0.3) is 5.56 Å². The fourth-order valence-corrected chi connectivity index (χ4v) is 3.80. The van der Waals surface area contributed by atoms with Gasteiger partial charge in [-0.05, 0) is 37.6 Å². The average molecular weight is 488 g/mol. The van der Waals surface area contributed by atoms with Crippen molar-refractivity contribution in [2.45, 2.75) is 39.3 Å². The van der Waals surface area contributed by atoms with Gasteiger partial charge in [-0.15, -0.1) is 0 Å². The number of halogens is 3. The summed E-state index contributed by atoms with van der Waals surface area (Å²) in [6.45, 7) is 3.17. The molecule has 0 radical (unpaired) electrons. The molecule has 1 atom stereocenters. The molecule has 2 heterocycles. The number of benzene rings is 2. The summed E-state index contributed by atoms with van der Waals surface area (Å²) < 4.78 is 49.6. The fourth-order valence-electron chi connectivity index (χ4n) is 3.80. The number of hydrogen-bond acceptors (Lipinski definition) is 5. The second-order valence-corrected chi connectivity index (χ2v) is 8.37. The first-order chi connectivity index (χ1) is 16.5. The molecule has 0 aliphatic heterocycles. The van der Waals surface area contributed by atoms with Crippen molar-refractivity contribution in [3.8, 4) is 17.1 Å². The molecule has 4 rings (SSSR count). The summed E-state index contributed by atoms with van der Waals surface area (Å²) in [4.78, 5) is 31.1. The van der Waals surface area contributed by atoms with Crippen molar-refractivity contribution >= 4 is 11.2 Å². The molecular weight excluding hydrogens is 465 g/mol. The number of H-pyrrole nitrogens is 1. The van der Waals surface area contributed by atoms with Crippen LogP contribution in [0.25, 0.3) is 22.6 Å². The second-order valence-electron chi connectivity index (χ2n) is 8.37. The lowest BCUT2D eigenvalue weighted by molar-refractivity contribution is -0.139. The van der Waals surface area contributed by atoms with E-state index in [0.29, 0.717) is 0 Å². The van der Waals surface area contributed by atoms with E-state index < -0.39 is 29.1 Å². The molecule has 0 saturated carbocycles. The summed E-state index contributed by atoms with van der Waals surface area (Å²) in [6, 6.07) is 10.8. The van der Waals surface area contributed by atoms with Gasteiger partial charge in [0.05, 0.1) is 18.2 Å². The summed E-state index contributed by atoms with van der Waals surface area (Å²) in [7, 11) is 1.46. The van der Waals surface area contributed by atoms with Gasteiger partial charge in [-0.3, -0.25) is 14.3 Å². The Morgan fingerprint density at radius 1 is 1.14 bits per heavy atom. The molecule has 0 spiro atoms. The van der Waals surface area contributed by atoms with Crippen LogP contribution < -0.4 is 16.0 Å². The molecule has 2 aromatic heterocycles. The van der Waals surface area contributed by atoms with Gasteiger partial charge < -0.3 is 14.4 Å². The number of rotatable bonds is 6. The maximum absolute atomic E-state index is 13.9. The molecule has 0 fully saturated rings. The number of ether oxygens (including phenoxy) is 1. The molecule has 0 aliphatic rings. The number of aryl methyl sites for hydroxylation is 2. The van der Waals surface area contributed by atoms with Gasteiger partial charge in [0.1, 0.15) is 18.2 Å². The predicted octanol–water partition coefficient (Wildman–Crippen LogP) is 3.38. The Kier molecular flexibility index (Phi) is 6.28. The fraction of sp³-hybridized carbons (Fsp3) is 0.292. The van der Waals surface area contributed by atoms with Crippen LogP contribution in [0.15, 0.2) is 52.1 Å². The van der Waals surface area contributed by atoms with E-state index in [4.69, 9.17) is 4.74 Å². The number of imidazole rings is 1. The lowest BCUT2D eigenvalue weighted by Crippen LogP contribution is -2.33. The summed E-state index contributed by atoms with van der Waals surface area (Å²) in [5, 5.41) is 9.73. The monoisotopic (exact) mass is 488 g/mol. The lowest BCUT2D eigenvalue weighted by Gasteiger charge is -2.15. The minimum absolute atomic E-state index is 0.00601. The topological polar surface area (TPSA) is 102 Å². The van der Waals surface area contributed by atoms with E-state index >= 15 is 0 Å². The number of aliphatic hydroxyl groups excluding tert-OH is 1. The first-order valence-electron chi connectivity index (χ1n) is 10.7. The van der Waals surface area contributed by atoms with Crippen LogP contribution in [0.1, 0.15) is 23.6 Å². The second kappa shape index (κ2) is 9.06. The van der Waals surface area contributed by atoms with Crippen molar-refractivity contribution in [1.29, 1.82) is 0 Å². The SMILES string of the molecule is Cc1ccc(COc2ccc(-c3nc4c(c(=O)[nH]c(=O)n4CC(C)O)n3C)cc2C(F)(F)F)cc1. The van der Waals surface area contributed by atoms with Gasteiger partial charge in [0, 0.05) is 12.6 Å². The van der Waals surface area contributed by atoms with Gasteiger partial charge in [-0.1, -0.05) is 29.8 Å². The quantitative estimate of drug-likeness (QED) is 0.433. The van der Waals surface area contributed by atoms with Crippen LogP contribution >= 0.6 is 0 Å². The number of aromatic amines is 1. The van der Waals surface area contributed by atoms with Crippen molar-refractivity contribution in [2.75, 3.05) is 0 Å². The standard InChI is InChI=1S/C24H23F3N4O4/c1-13-4-6-15(7-5-13)12-35-18-9-8-16(10-17(18)24(25,26)27)20-28-21-19(30(20)3)22(33)29-23(34)31(21)11-14(2)32/h4-10,14,32H,11-12H2,1-3H3,(H,29,33,34). The molecule has 0 bridgehead atoms. The number of nitrogens with zero attached hydrogens (tertiary/aromatic N) is 3. The Morgan fingerprint density at radius 2 is 1.83 bits per heavy atom. The van der Waals surface area contributed by atoms with Crippen molar-refractivity contribution in [2.24, 2.45) is 7.05 Å². The third-order valence-electron chi connectivity index (χ3n) is 5.52. The van der Waals surface area contributed by atoms with Crippen molar-refractivity contribution < 1.29 is 23.0 Å².